The molecule has 1 heterocycles. The van der Waals surface area contributed by atoms with Crippen LogP contribution in [0, 0.1) is 6.92 Å². The van der Waals surface area contributed by atoms with Crippen LogP contribution >= 0.6 is 0 Å². The Morgan fingerprint density at radius 1 is 1.08 bits per heavy atom. The lowest BCUT2D eigenvalue weighted by Gasteiger charge is -2.34. The van der Waals surface area contributed by atoms with Gasteiger partial charge in [0.2, 0.25) is 0 Å². The number of carbonyl (C=O) groups is 1. The van der Waals surface area contributed by atoms with Gasteiger partial charge in [0.25, 0.3) is 5.91 Å². The minimum absolute atomic E-state index is 0.536. The fourth-order valence-electron chi connectivity index (χ4n) is 3.24. The second kappa shape index (κ2) is 8.17. The Labute approximate surface area is 154 Å². The molecule has 0 aliphatic carbocycles. The Morgan fingerprint density at radius 3 is 2.38 bits per heavy atom. The van der Waals surface area contributed by atoms with E-state index < -0.39 is 5.91 Å². The molecule has 2 aromatic carbocycles. The number of nitrogens with one attached hydrogen (secondary N) is 1. The number of piperazine rings is 1. The number of carbonyl (C=O) groups excluding carboxylic acids is 1. The molecule has 2 N–H and O–H groups in total. The molecule has 0 bridgehead atoms. The van der Waals surface area contributed by atoms with Gasteiger partial charge in [-0.15, -0.1) is 0 Å². The third-order valence-corrected chi connectivity index (χ3v) is 4.83. The van der Waals surface area contributed by atoms with Crippen LogP contribution in [0.5, 0.6) is 0 Å². The number of hydrogen-bond donors (Lipinski definition) is 2. The first kappa shape index (κ1) is 18.2. The number of hydroxylamine groups is 1. The molecular weight excluding hydrogens is 326 g/mol. The maximum Gasteiger partial charge on any atom is 0.267 e. The number of benzene rings is 2. The zero-order valence-corrected chi connectivity index (χ0v) is 15.3. The number of amides is 1. The zero-order chi connectivity index (χ0) is 18.5. The van der Waals surface area contributed by atoms with Gasteiger partial charge < -0.3 is 9.80 Å². The van der Waals surface area contributed by atoms with Crippen molar-refractivity contribution in [2.24, 2.45) is 0 Å². The zero-order valence-electron chi connectivity index (χ0n) is 15.3. The van der Waals surface area contributed by atoms with Crippen molar-refractivity contribution in [1.82, 2.24) is 10.4 Å². The summed E-state index contributed by atoms with van der Waals surface area (Å²) < 4.78 is 0. The number of nitrogens with zero attached hydrogens (tertiary/aromatic N) is 2. The maximum absolute atomic E-state index is 11.1. The number of anilines is 1. The van der Waals surface area contributed by atoms with E-state index in [2.05, 4.69) is 54.1 Å². The normalized spacial score (nSPS) is 15.4. The Balaban J connectivity index is 1.74. The molecule has 0 unspecified atom stereocenters. The first-order chi connectivity index (χ1) is 12.6. The number of aryl methyl sites for hydroxylation is 1. The van der Waals surface area contributed by atoms with E-state index in [-0.39, 0.29) is 0 Å². The van der Waals surface area contributed by atoms with Gasteiger partial charge in [0.1, 0.15) is 0 Å². The van der Waals surface area contributed by atoms with Crippen molar-refractivity contribution in [3.8, 4) is 11.1 Å². The lowest BCUT2D eigenvalue weighted by molar-refractivity contribution is -0.124. The van der Waals surface area contributed by atoms with Crippen LogP contribution in [-0.4, -0.2) is 49.2 Å². The second-order valence-electron chi connectivity index (χ2n) is 6.72. The van der Waals surface area contributed by atoms with E-state index >= 15 is 0 Å². The molecule has 0 radical (unpaired) electrons. The van der Waals surface area contributed by atoms with Gasteiger partial charge in [-0.2, -0.15) is 0 Å². The van der Waals surface area contributed by atoms with E-state index in [0.717, 1.165) is 37.3 Å². The van der Waals surface area contributed by atoms with Gasteiger partial charge in [-0.25, -0.2) is 5.48 Å². The highest BCUT2D eigenvalue weighted by atomic mass is 16.5. The van der Waals surface area contributed by atoms with Crippen molar-refractivity contribution < 1.29 is 10.0 Å². The molecule has 1 fully saturated rings. The smallest absolute Gasteiger partial charge is 0.267 e. The first-order valence-corrected chi connectivity index (χ1v) is 8.83. The Kier molecular flexibility index (Phi) is 5.71. The Bertz CT molecular complexity index is 791. The maximum atomic E-state index is 11.1. The highest BCUT2D eigenvalue weighted by Gasteiger charge is 2.14. The second-order valence-corrected chi connectivity index (χ2v) is 6.72. The van der Waals surface area contributed by atoms with Crippen LogP contribution in [0.1, 0.15) is 11.1 Å². The predicted molar refractivity (Wildman–Crippen MR) is 105 cm³/mol. The SMILES string of the molecule is Cc1cc(/C=C/C(=O)NO)ccc1-c1ccc(N2CCN(C)CC2)cc1. The quantitative estimate of drug-likeness (QED) is 0.505. The molecule has 0 spiro atoms. The fourth-order valence-corrected chi connectivity index (χ4v) is 3.24. The molecule has 26 heavy (non-hydrogen) atoms. The molecule has 0 atom stereocenters. The van der Waals surface area contributed by atoms with Crippen molar-refractivity contribution in [2.45, 2.75) is 6.92 Å². The molecule has 5 heteroatoms. The van der Waals surface area contributed by atoms with Crippen molar-refractivity contribution in [3.63, 3.8) is 0 Å². The average molecular weight is 351 g/mol. The summed E-state index contributed by atoms with van der Waals surface area (Å²) in [4.78, 5) is 15.9. The largest absolute Gasteiger partial charge is 0.369 e. The third-order valence-electron chi connectivity index (χ3n) is 4.83. The molecule has 1 amide bonds. The minimum Gasteiger partial charge on any atom is -0.369 e. The fraction of sp³-hybridized carbons (Fsp3) is 0.286. The van der Waals surface area contributed by atoms with Crippen molar-refractivity contribution in [3.05, 3.63) is 59.7 Å². The van der Waals surface area contributed by atoms with E-state index in [1.807, 2.05) is 12.1 Å². The molecular formula is C21H25N3O2. The van der Waals surface area contributed by atoms with Gasteiger partial charge in [-0.3, -0.25) is 10.0 Å². The van der Waals surface area contributed by atoms with Crippen LogP contribution in [-0.2, 0) is 4.79 Å². The molecule has 0 aromatic heterocycles. The monoisotopic (exact) mass is 351 g/mol. The summed E-state index contributed by atoms with van der Waals surface area (Å²) in [6.07, 6.45) is 2.98. The van der Waals surface area contributed by atoms with Crippen LogP contribution in [0.15, 0.2) is 48.5 Å². The van der Waals surface area contributed by atoms with Crippen LogP contribution in [0.3, 0.4) is 0 Å². The summed E-state index contributed by atoms with van der Waals surface area (Å²) in [5.41, 5.74) is 7.29. The summed E-state index contributed by atoms with van der Waals surface area (Å²) >= 11 is 0. The number of hydrogen-bond acceptors (Lipinski definition) is 4. The van der Waals surface area contributed by atoms with Crippen molar-refractivity contribution >= 4 is 17.7 Å². The Hall–Kier alpha value is -2.63. The molecule has 3 rings (SSSR count). The molecule has 1 saturated heterocycles. The molecule has 136 valence electrons. The van der Waals surface area contributed by atoms with Gasteiger partial charge in [0, 0.05) is 37.9 Å². The summed E-state index contributed by atoms with van der Waals surface area (Å²) in [5.74, 6) is -0.536. The van der Waals surface area contributed by atoms with Gasteiger partial charge in [-0.1, -0.05) is 30.3 Å². The van der Waals surface area contributed by atoms with E-state index in [1.165, 1.54) is 22.9 Å². The van der Waals surface area contributed by atoms with E-state index in [0.29, 0.717) is 0 Å². The van der Waals surface area contributed by atoms with Crippen molar-refractivity contribution in [2.75, 3.05) is 38.1 Å². The predicted octanol–water partition coefficient (Wildman–Crippen LogP) is 2.93. The molecule has 0 saturated carbocycles. The lowest BCUT2D eigenvalue weighted by Crippen LogP contribution is -2.44. The van der Waals surface area contributed by atoms with Crippen molar-refractivity contribution in [1.29, 1.82) is 0 Å². The standard InChI is InChI=1S/C21H25N3O2/c1-16-15-17(4-10-21(25)22-26)3-9-20(16)18-5-7-19(8-6-18)24-13-11-23(2)12-14-24/h3-10,15,26H,11-14H2,1-2H3,(H,22,25)/b10-4+. The molecule has 5 nitrogen and oxygen atoms in total. The van der Waals surface area contributed by atoms with Gasteiger partial charge in [0.05, 0.1) is 0 Å². The highest BCUT2D eigenvalue weighted by Crippen LogP contribution is 2.27. The van der Waals surface area contributed by atoms with Crippen LogP contribution in [0.4, 0.5) is 5.69 Å². The molecule has 1 aliphatic rings. The summed E-state index contributed by atoms with van der Waals surface area (Å²) in [7, 11) is 2.16. The molecule has 1 aliphatic heterocycles. The van der Waals surface area contributed by atoms with Crippen LogP contribution in [0.25, 0.3) is 17.2 Å². The summed E-state index contributed by atoms with van der Waals surface area (Å²) in [6, 6.07) is 14.8. The van der Waals surface area contributed by atoms with Gasteiger partial charge >= 0.3 is 0 Å². The van der Waals surface area contributed by atoms with E-state index in [1.54, 1.807) is 11.6 Å². The third kappa shape index (κ3) is 4.31. The Morgan fingerprint density at radius 2 is 1.77 bits per heavy atom. The first-order valence-electron chi connectivity index (χ1n) is 8.83. The van der Waals surface area contributed by atoms with Crippen LogP contribution < -0.4 is 10.4 Å². The van der Waals surface area contributed by atoms with Gasteiger partial charge in [0.15, 0.2) is 0 Å². The van der Waals surface area contributed by atoms with Gasteiger partial charge in [-0.05, 0) is 54.4 Å². The highest BCUT2D eigenvalue weighted by molar-refractivity contribution is 5.91. The summed E-state index contributed by atoms with van der Waals surface area (Å²) in [5, 5.41) is 8.53. The number of rotatable bonds is 4. The lowest BCUT2D eigenvalue weighted by atomic mass is 9.98. The topological polar surface area (TPSA) is 55.8 Å². The number of likely N-dealkylation sites (N-methyl/N-ethyl adjacent to an activating group) is 1. The average Bonchev–Trinajstić information content (AvgIpc) is 2.67. The minimum atomic E-state index is -0.536. The van der Waals surface area contributed by atoms with E-state index in [4.69, 9.17) is 5.21 Å². The summed E-state index contributed by atoms with van der Waals surface area (Å²) in [6.45, 7) is 6.40. The van der Waals surface area contributed by atoms with Crippen LogP contribution in [0.2, 0.25) is 0 Å². The molecule has 2 aromatic rings. The van der Waals surface area contributed by atoms with E-state index in [9.17, 15) is 4.79 Å².